The van der Waals surface area contributed by atoms with Gasteiger partial charge in [-0.05, 0) is 106 Å². The third-order valence-electron chi connectivity index (χ3n) is 11.6. The Labute approximate surface area is 314 Å². The Kier molecular flexibility index (Phi) is 6.60. The van der Waals surface area contributed by atoms with Crippen LogP contribution in [0.25, 0.3) is 71.7 Å². The second-order valence-electron chi connectivity index (χ2n) is 15.0. The molecule has 2 heterocycles. The molecule has 0 unspecified atom stereocenters. The fourth-order valence-corrected chi connectivity index (χ4v) is 8.98. The van der Waals surface area contributed by atoms with E-state index in [9.17, 15) is 0 Å². The third kappa shape index (κ3) is 4.48. The number of para-hydroxylation sites is 2. The monoisotopic (exact) mass is 692 g/mol. The first kappa shape index (κ1) is 30.8. The quantitative estimate of drug-likeness (QED) is 0.179. The van der Waals surface area contributed by atoms with E-state index in [4.69, 9.17) is 4.42 Å². The number of fused-ring (bicyclic) bond motifs is 10. The molecule has 11 rings (SSSR count). The number of rotatable bonds is 5. The number of hydrogen-bond donors (Lipinski definition) is 0. The van der Waals surface area contributed by atoms with E-state index in [1.54, 1.807) is 0 Å². The van der Waals surface area contributed by atoms with Gasteiger partial charge in [0.2, 0.25) is 0 Å². The van der Waals surface area contributed by atoms with E-state index in [2.05, 4.69) is 199 Å². The standard InChI is InChI=1S/C51H36N2O/c1-51(2)44-17-9-6-14-39(44)40-29-28-38(32-45(40)51)52(35-22-20-34(21-23-35)33-12-4-3-5-13-33)36-24-26-37(27-25-36)53-46-18-10-7-16-43(46)49-47(53)31-30-42-41-15-8-11-19-48(41)54-50(42)49/h3-32H,1-2H3. The zero-order valence-electron chi connectivity index (χ0n) is 30.1. The third-order valence-corrected chi connectivity index (χ3v) is 11.6. The Morgan fingerprint density at radius 2 is 1.09 bits per heavy atom. The minimum Gasteiger partial charge on any atom is -0.455 e. The molecule has 1 aliphatic carbocycles. The van der Waals surface area contributed by atoms with Crippen LogP contribution in [0.1, 0.15) is 25.0 Å². The van der Waals surface area contributed by atoms with Gasteiger partial charge in [-0.1, -0.05) is 123 Å². The molecule has 256 valence electrons. The van der Waals surface area contributed by atoms with Crippen molar-refractivity contribution < 1.29 is 4.42 Å². The molecule has 2 aromatic heterocycles. The van der Waals surface area contributed by atoms with Gasteiger partial charge in [-0.3, -0.25) is 0 Å². The van der Waals surface area contributed by atoms with Gasteiger partial charge in [0.15, 0.2) is 0 Å². The zero-order chi connectivity index (χ0) is 36.0. The average Bonchev–Trinajstić information content (AvgIpc) is 3.85. The number of hydrogen-bond acceptors (Lipinski definition) is 2. The molecular weight excluding hydrogens is 657 g/mol. The van der Waals surface area contributed by atoms with E-state index < -0.39 is 0 Å². The smallest absolute Gasteiger partial charge is 0.145 e. The van der Waals surface area contributed by atoms with Crippen LogP contribution in [0, 0.1) is 0 Å². The summed E-state index contributed by atoms with van der Waals surface area (Å²) >= 11 is 0. The van der Waals surface area contributed by atoms with Crippen LogP contribution >= 0.6 is 0 Å². The Bertz CT molecular complexity index is 3060. The van der Waals surface area contributed by atoms with Crippen molar-refractivity contribution in [3.05, 3.63) is 193 Å². The maximum Gasteiger partial charge on any atom is 0.145 e. The number of nitrogens with zero attached hydrogens (tertiary/aromatic N) is 2. The Morgan fingerprint density at radius 3 is 1.91 bits per heavy atom. The molecule has 10 aromatic rings. The summed E-state index contributed by atoms with van der Waals surface area (Å²) < 4.78 is 8.93. The Morgan fingerprint density at radius 1 is 0.463 bits per heavy atom. The average molecular weight is 693 g/mol. The molecule has 0 atom stereocenters. The van der Waals surface area contributed by atoms with Crippen molar-refractivity contribution >= 4 is 60.8 Å². The lowest BCUT2D eigenvalue weighted by molar-refractivity contribution is 0.660. The highest BCUT2D eigenvalue weighted by Crippen LogP contribution is 2.51. The van der Waals surface area contributed by atoms with Gasteiger partial charge in [0.1, 0.15) is 11.2 Å². The lowest BCUT2D eigenvalue weighted by atomic mass is 9.82. The van der Waals surface area contributed by atoms with Crippen LogP contribution < -0.4 is 4.90 Å². The molecule has 0 saturated carbocycles. The topological polar surface area (TPSA) is 21.3 Å². The van der Waals surface area contributed by atoms with Crippen LogP contribution in [0.2, 0.25) is 0 Å². The molecule has 0 saturated heterocycles. The second-order valence-corrected chi connectivity index (χ2v) is 15.0. The molecule has 0 amide bonds. The number of furan rings is 1. The van der Waals surface area contributed by atoms with Crippen LogP contribution in [0.15, 0.2) is 186 Å². The SMILES string of the molecule is CC1(C)c2ccccc2-c2ccc(N(c3ccc(-c4ccccc4)cc3)c3ccc(-n4c5ccccc5c5c6oc7ccccc7c6ccc54)cc3)cc21. The first-order valence-electron chi connectivity index (χ1n) is 18.7. The number of anilines is 3. The van der Waals surface area contributed by atoms with Crippen LogP contribution in [0.3, 0.4) is 0 Å². The van der Waals surface area contributed by atoms with Crippen LogP contribution in [-0.4, -0.2) is 4.57 Å². The fraction of sp³-hybridized carbons (Fsp3) is 0.0588. The Balaban J connectivity index is 1.06. The van der Waals surface area contributed by atoms with Gasteiger partial charge < -0.3 is 13.9 Å². The van der Waals surface area contributed by atoms with Gasteiger partial charge in [0, 0.05) is 44.3 Å². The maximum absolute atomic E-state index is 6.56. The van der Waals surface area contributed by atoms with E-state index in [-0.39, 0.29) is 5.41 Å². The normalized spacial score (nSPS) is 13.1. The molecule has 0 N–H and O–H groups in total. The molecule has 8 aromatic carbocycles. The Hall–Kier alpha value is -6.84. The van der Waals surface area contributed by atoms with E-state index >= 15 is 0 Å². The summed E-state index contributed by atoms with van der Waals surface area (Å²) in [5, 5.41) is 4.62. The molecule has 0 aliphatic heterocycles. The van der Waals surface area contributed by atoms with Crippen LogP contribution in [0.5, 0.6) is 0 Å². The second kappa shape index (κ2) is 11.6. The van der Waals surface area contributed by atoms with Gasteiger partial charge in [-0.2, -0.15) is 0 Å². The molecule has 0 fully saturated rings. The number of aromatic nitrogens is 1. The predicted molar refractivity (Wildman–Crippen MR) is 226 cm³/mol. The minimum atomic E-state index is -0.101. The van der Waals surface area contributed by atoms with E-state index in [0.29, 0.717) is 0 Å². The van der Waals surface area contributed by atoms with Crippen molar-refractivity contribution in [3.63, 3.8) is 0 Å². The summed E-state index contributed by atoms with van der Waals surface area (Å²) in [6.07, 6.45) is 0. The largest absolute Gasteiger partial charge is 0.455 e. The van der Waals surface area contributed by atoms with Crippen molar-refractivity contribution in [2.75, 3.05) is 4.90 Å². The highest BCUT2D eigenvalue weighted by atomic mass is 16.3. The highest BCUT2D eigenvalue weighted by Gasteiger charge is 2.35. The lowest BCUT2D eigenvalue weighted by Gasteiger charge is -2.28. The van der Waals surface area contributed by atoms with Crippen molar-refractivity contribution in [2.24, 2.45) is 0 Å². The van der Waals surface area contributed by atoms with Gasteiger partial charge in [-0.25, -0.2) is 0 Å². The first-order chi connectivity index (χ1) is 26.5. The van der Waals surface area contributed by atoms with Gasteiger partial charge >= 0.3 is 0 Å². The van der Waals surface area contributed by atoms with Gasteiger partial charge in [0.05, 0.1) is 16.4 Å². The highest BCUT2D eigenvalue weighted by molar-refractivity contribution is 6.23. The molecular formula is C51H36N2O. The van der Waals surface area contributed by atoms with Crippen LogP contribution in [0.4, 0.5) is 17.1 Å². The molecule has 3 nitrogen and oxygen atoms in total. The molecule has 0 radical (unpaired) electrons. The predicted octanol–water partition coefficient (Wildman–Crippen LogP) is 14.1. The van der Waals surface area contributed by atoms with E-state index in [1.165, 1.54) is 38.8 Å². The fourth-order valence-electron chi connectivity index (χ4n) is 8.98. The summed E-state index contributed by atoms with van der Waals surface area (Å²) in [6, 6.07) is 65.8. The molecule has 3 heteroatoms. The molecule has 1 aliphatic rings. The van der Waals surface area contributed by atoms with Gasteiger partial charge in [0.25, 0.3) is 0 Å². The van der Waals surface area contributed by atoms with Crippen molar-refractivity contribution in [1.82, 2.24) is 4.57 Å². The first-order valence-corrected chi connectivity index (χ1v) is 18.7. The molecule has 0 spiro atoms. The van der Waals surface area contributed by atoms with Crippen LogP contribution in [-0.2, 0) is 5.41 Å². The summed E-state index contributed by atoms with van der Waals surface area (Å²) in [5.41, 5.74) is 16.3. The van der Waals surface area contributed by atoms with Crippen molar-refractivity contribution in [2.45, 2.75) is 19.3 Å². The zero-order valence-corrected chi connectivity index (χ0v) is 30.1. The molecule has 0 bridgehead atoms. The minimum absolute atomic E-state index is 0.101. The summed E-state index contributed by atoms with van der Waals surface area (Å²) in [5.74, 6) is 0. The maximum atomic E-state index is 6.56. The van der Waals surface area contributed by atoms with Gasteiger partial charge in [-0.15, -0.1) is 0 Å². The van der Waals surface area contributed by atoms with E-state index in [1.807, 2.05) is 6.07 Å². The summed E-state index contributed by atoms with van der Waals surface area (Å²) in [7, 11) is 0. The summed E-state index contributed by atoms with van der Waals surface area (Å²) in [6.45, 7) is 4.69. The van der Waals surface area contributed by atoms with Crippen molar-refractivity contribution in [3.8, 4) is 27.9 Å². The molecule has 54 heavy (non-hydrogen) atoms. The number of benzene rings is 8. The lowest BCUT2D eigenvalue weighted by Crippen LogP contribution is -2.16. The van der Waals surface area contributed by atoms with Crippen molar-refractivity contribution in [1.29, 1.82) is 0 Å². The van der Waals surface area contributed by atoms with E-state index in [0.717, 1.165) is 61.1 Å². The summed E-state index contributed by atoms with van der Waals surface area (Å²) in [4.78, 5) is 2.39.